The molecule has 1 fully saturated rings. The first kappa shape index (κ1) is 21.5. The second-order valence-electron chi connectivity index (χ2n) is 7.01. The highest BCUT2D eigenvalue weighted by molar-refractivity contribution is 7.89. The summed E-state index contributed by atoms with van der Waals surface area (Å²) < 4.78 is 27.7. The van der Waals surface area contributed by atoms with Gasteiger partial charge >= 0.3 is 0 Å². The van der Waals surface area contributed by atoms with E-state index in [1.165, 1.54) is 21.7 Å². The second kappa shape index (κ2) is 9.51. The normalized spacial score (nSPS) is 15.5. The van der Waals surface area contributed by atoms with Gasteiger partial charge in [0.05, 0.1) is 16.3 Å². The molecule has 156 valence electrons. The van der Waals surface area contributed by atoms with Crippen molar-refractivity contribution in [3.63, 3.8) is 0 Å². The first-order chi connectivity index (χ1) is 13.9. The molecule has 7 nitrogen and oxygen atoms in total. The number of carbonyl (C=O) groups excluding carboxylic acids is 2. The van der Waals surface area contributed by atoms with Crippen LogP contribution < -0.4 is 10.6 Å². The Labute approximate surface area is 175 Å². The molecular weight excluding hydrogens is 410 g/mol. The Hall–Kier alpha value is -2.23. The summed E-state index contributed by atoms with van der Waals surface area (Å²) in [6.07, 6.45) is 3.80. The van der Waals surface area contributed by atoms with Gasteiger partial charge in [-0.1, -0.05) is 25.0 Å². The maximum Gasteiger partial charge on any atom is 0.261 e. The minimum Gasteiger partial charge on any atom is -0.342 e. The van der Waals surface area contributed by atoms with E-state index >= 15 is 0 Å². The summed E-state index contributed by atoms with van der Waals surface area (Å²) in [6.45, 7) is 2.59. The monoisotopic (exact) mass is 435 g/mol. The first-order valence-electron chi connectivity index (χ1n) is 9.60. The van der Waals surface area contributed by atoms with E-state index in [9.17, 15) is 18.0 Å². The number of nitrogens with zero attached hydrogens (tertiary/aromatic N) is 1. The van der Waals surface area contributed by atoms with Crippen LogP contribution in [0.4, 0.5) is 5.69 Å². The van der Waals surface area contributed by atoms with E-state index in [2.05, 4.69) is 10.6 Å². The van der Waals surface area contributed by atoms with Gasteiger partial charge in [-0.05, 0) is 48.9 Å². The Balaban J connectivity index is 1.68. The molecule has 1 aromatic carbocycles. The van der Waals surface area contributed by atoms with Crippen molar-refractivity contribution >= 4 is 38.9 Å². The largest absolute Gasteiger partial charge is 0.342 e. The predicted molar refractivity (Wildman–Crippen MR) is 114 cm³/mol. The zero-order valence-electron chi connectivity index (χ0n) is 16.3. The molecule has 1 aliphatic heterocycles. The molecule has 29 heavy (non-hydrogen) atoms. The summed E-state index contributed by atoms with van der Waals surface area (Å²) in [5.41, 5.74) is 1.03. The number of thiophene rings is 1. The molecule has 2 aromatic rings. The molecular formula is C20H25N3O4S2. The van der Waals surface area contributed by atoms with Gasteiger partial charge in [0.15, 0.2) is 0 Å². The lowest BCUT2D eigenvalue weighted by atomic mass is 10.2. The molecule has 2 heterocycles. The molecule has 0 radical (unpaired) electrons. The van der Waals surface area contributed by atoms with E-state index in [0.29, 0.717) is 29.2 Å². The number of sulfonamides is 1. The Bertz CT molecular complexity index is 964. The number of hydrogen-bond acceptors (Lipinski definition) is 5. The van der Waals surface area contributed by atoms with Crippen LogP contribution >= 0.6 is 11.3 Å². The smallest absolute Gasteiger partial charge is 0.261 e. The van der Waals surface area contributed by atoms with Crippen molar-refractivity contribution in [2.75, 3.05) is 25.0 Å². The fourth-order valence-electron chi connectivity index (χ4n) is 3.24. The molecule has 0 bridgehead atoms. The van der Waals surface area contributed by atoms with Crippen LogP contribution in [0.25, 0.3) is 0 Å². The maximum absolute atomic E-state index is 13.1. The van der Waals surface area contributed by atoms with Crippen molar-refractivity contribution in [3.05, 3.63) is 46.2 Å². The molecule has 1 aliphatic rings. The molecule has 2 amide bonds. The van der Waals surface area contributed by atoms with Gasteiger partial charge in [0.25, 0.3) is 5.91 Å². The minimum absolute atomic E-state index is 0.196. The number of nitrogens with one attached hydrogen (secondary N) is 2. The number of carbonyl (C=O) groups is 2. The first-order valence-corrected chi connectivity index (χ1v) is 11.9. The third-order valence-electron chi connectivity index (χ3n) is 4.81. The molecule has 9 heteroatoms. The Morgan fingerprint density at radius 3 is 2.48 bits per heavy atom. The van der Waals surface area contributed by atoms with Gasteiger partial charge in [0.1, 0.15) is 0 Å². The van der Waals surface area contributed by atoms with E-state index in [0.717, 1.165) is 25.7 Å². The molecule has 0 saturated carbocycles. The highest BCUT2D eigenvalue weighted by Crippen LogP contribution is 2.25. The zero-order chi connectivity index (χ0) is 20.9. The molecule has 2 N–H and O–H groups in total. The number of amides is 2. The van der Waals surface area contributed by atoms with Gasteiger partial charge < -0.3 is 10.6 Å². The lowest BCUT2D eigenvalue weighted by Crippen LogP contribution is -2.33. The number of aryl methyl sites for hydroxylation is 1. The summed E-state index contributed by atoms with van der Waals surface area (Å²) in [5.74, 6) is -0.736. The third kappa shape index (κ3) is 5.43. The summed E-state index contributed by atoms with van der Waals surface area (Å²) >= 11 is 1.29. The van der Waals surface area contributed by atoms with Crippen molar-refractivity contribution in [2.45, 2.75) is 37.5 Å². The molecule has 1 aromatic heterocycles. The average molecular weight is 436 g/mol. The number of hydrogen-bond donors (Lipinski definition) is 2. The van der Waals surface area contributed by atoms with Gasteiger partial charge in [0.2, 0.25) is 15.9 Å². The number of rotatable bonds is 6. The van der Waals surface area contributed by atoms with Crippen molar-refractivity contribution in [1.29, 1.82) is 0 Å². The molecule has 0 aliphatic carbocycles. The van der Waals surface area contributed by atoms with Gasteiger partial charge in [-0.2, -0.15) is 4.31 Å². The number of anilines is 1. The van der Waals surface area contributed by atoms with Crippen LogP contribution in [0.2, 0.25) is 0 Å². The van der Waals surface area contributed by atoms with E-state index in [1.54, 1.807) is 36.6 Å². The highest BCUT2D eigenvalue weighted by Gasteiger charge is 2.27. The van der Waals surface area contributed by atoms with Crippen LogP contribution in [-0.2, 0) is 14.8 Å². The minimum atomic E-state index is -3.62. The molecule has 0 unspecified atom stereocenters. The molecule has 3 rings (SSSR count). The van der Waals surface area contributed by atoms with Crippen molar-refractivity contribution in [1.82, 2.24) is 9.62 Å². The van der Waals surface area contributed by atoms with Gasteiger partial charge in [-0.15, -0.1) is 11.3 Å². The third-order valence-corrected chi connectivity index (χ3v) is 7.72. The van der Waals surface area contributed by atoms with Crippen LogP contribution in [0.1, 0.15) is 40.9 Å². The van der Waals surface area contributed by atoms with Crippen LogP contribution in [0.3, 0.4) is 0 Å². The van der Waals surface area contributed by atoms with Crippen molar-refractivity contribution in [3.8, 4) is 0 Å². The Morgan fingerprint density at radius 1 is 1.10 bits per heavy atom. The SMILES string of the molecule is Cc1ccc(NC(=O)CNC(=O)c2cccs2)cc1S(=O)(=O)N1CCCCCC1. The van der Waals surface area contributed by atoms with Crippen LogP contribution in [0.15, 0.2) is 40.6 Å². The van der Waals surface area contributed by atoms with Crippen LogP contribution in [-0.4, -0.2) is 44.2 Å². The van der Waals surface area contributed by atoms with E-state index in [4.69, 9.17) is 0 Å². The van der Waals surface area contributed by atoms with Crippen LogP contribution in [0.5, 0.6) is 0 Å². The predicted octanol–water partition coefficient (Wildman–Crippen LogP) is 2.99. The summed E-state index contributed by atoms with van der Waals surface area (Å²) in [4.78, 5) is 24.9. The van der Waals surface area contributed by atoms with E-state index in [1.807, 2.05) is 0 Å². The lowest BCUT2D eigenvalue weighted by Gasteiger charge is -2.21. The van der Waals surface area contributed by atoms with Gasteiger partial charge in [-0.25, -0.2) is 8.42 Å². The lowest BCUT2D eigenvalue weighted by molar-refractivity contribution is -0.115. The quantitative estimate of drug-likeness (QED) is 0.729. The van der Waals surface area contributed by atoms with E-state index < -0.39 is 15.9 Å². The summed E-state index contributed by atoms with van der Waals surface area (Å²) in [7, 11) is -3.62. The zero-order valence-corrected chi connectivity index (χ0v) is 17.9. The van der Waals surface area contributed by atoms with Gasteiger partial charge in [0, 0.05) is 18.8 Å². The van der Waals surface area contributed by atoms with Crippen molar-refractivity contribution < 1.29 is 18.0 Å². The maximum atomic E-state index is 13.1. The summed E-state index contributed by atoms with van der Waals surface area (Å²) in [5, 5.41) is 7.00. The standard InChI is InChI=1S/C20H25N3O4S2/c1-15-8-9-16(22-19(24)14-21-20(25)17-7-6-12-28-17)13-18(15)29(26,27)23-10-4-2-3-5-11-23/h6-9,12-13H,2-5,10-11,14H2,1H3,(H,21,25)(H,22,24). The molecule has 1 saturated heterocycles. The number of benzene rings is 1. The highest BCUT2D eigenvalue weighted by atomic mass is 32.2. The Kier molecular flexibility index (Phi) is 7.05. The van der Waals surface area contributed by atoms with Crippen LogP contribution in [0, 0.1) is 6.92 Å². The second-order valence-corrected chi connectivity index (χ2v) is 9.86. The van der Waals surface area contributed by atoms with Crippen molar-refractivity contribution in [2.24, 2.45) is 0 Å². The topological polar surface area (TPSA) is 95.6 Å². The molecule has 0 atom stereocenters. The molecule has 0 spiro atoms. The summed E-state index contributed by atoms with van der Waals surface area (Å²) in [6, 6.07) is 8.28. The fraction of sp³-hybridized carbons (Fsp3) is 0.400. The fourth-order valence-corrected chi connectivity index (χ4v) is 5.65. The van der Waals surface area contributed by atoms with Gasteiger partial charge in [-0.3, -0.25) is 9.59 Å². The Morgan fingerprint density at radius 2 is 1.83 bits per heavy atom. The van der Waals surface area contributed by atoms with E-state index in [-0.39, 0.29) is 17.3 Å². The average Bonchev–Trinajstić information content (AvgIpc) is 3.09.